The van der Waals surface area contributed by atoms with E-state index in [0.717, 1.165) is 34.7 Å². The second kappa shape index (κ2) is 6.92. The second-order valence-corrected chi connectivity index (χ2v) is 6.59. The van der Waals surface area contributed by atoms with Crippen LogP contribution in [0.25, 0.3) is 17.0 Å². The maximum absolute atomic E-state index is 13.1. The molecule has 0 unspecified atom stereocenters. The molecule has 3 heterocycles. The molecule has 0 N–H and O–H groups in total. The van der Waals surface area contributed by atoms with E-state index in [4.69, 9.17) is 9.47 Å². The van der Waals surface area contributed by atoms with Gasteiger partial charge in [0.05, 0.1) is 18.9 Å². The van der Waals surface area contributed by atoms with Crippen molar-refractivity contribution in [3.8, 4) is 22.8 Å². The Balaban J connectivity index is 1.52. The Morgan fingerprint density at radius 1 is 0.964 bits per heavy atom. The van der Waals surface area contributed by atoms with E-state index >= 15 is 0 Å². The van der Waals surface area contributed by atoms with E-state index in [0.29, 0.717) is 31.2 Å². The van der Waals surface area contributed by atoms with Crippen molar-refractivity contribution in [3.63, 3.8) is 0 Å². The second-order valence-electron chi connectivity index (χ2n) is 6.59. The van der Waals surface area contributed by atoms with Crippen LogP contribution in [0.4, 0.5) is 4.39 Å². The van der Waals surface area contributed by atoms with E-state index in [9.17, 15) is 4.39 Å². The summed E-state index contributed by atoms with van der Waals surface area (Å²) in [5.74, 6) is 2.36. The molecular weight excluding hydrogens is 359 g/mol. The van der Waals surface area contributed by atoms with Crippen molar-refractivity contribution in [3.05, 3.63) is 71.9 Å². The summed E-state index contributed by atoms with van der Waals surface area (Å²) in [5, 5.41) is 4.61. The molecule has 0 amide bonds. The largest absolute Gasteiger partial charge is 0.490 e. The molecular formula is C21H17FN4O2. The third-order valence-electron chi connectivity index (χ3n) is 4.60. The highest BCUT2D eigenvalue weighted by atomic mass is 19.1. The van der Waals surface area contributed by atoms with E-state index in [-0.39, 0.29) is 5.82 Å². The third-order valence-corrected chi connectivity index (χ3v) is 4.60. The molecule has 4 aromatic rings. The molecule has 140 valence electrons. The minimum Gasteiger partial charge on any atom is -0.490 e. The van der Waals surface area contributed by atoms with Crippen molar-refractivity contribution in [2.45, 2.75) is 12.8 Å². The molecule has 0 spiro atoms. The fourth-order valence-electron chi connectivity index (χ4n) is 3.24. The van der Waals surface area contributed by atoms with Crippen molar-refractivity contribution >= 4 is 5.78 Å². The van der Waals surface area contributed by atoms with Crippen LogP contribution in [0.3, 0.4) is 0 Å². The lowest BCUT2D eigenvalue weighted by atomic mass is 10.1. The van der Waals surface area contributed by atoms with Gasteiger partial charge in [0.15, 0.2) is 17.3 Å². The number of nitrogens with zero attached hydrogens (tertiary/aromatic N) is 4. The zero-order valence-electron chi connectivity index (χ0n) is 15.0. The third kappa shape index (κ3) is 3.15. The lowest BCUT2D eigenvalue weighted by molar-refractivity contribution is 0.297. The number of halogens is 1. The smallest absolute Gasteiger partial charge is 0.252 e. The monoisotopic (exact) mass is 376 g/mol. The normalized spacial score (nSPS) is 13.5. The Morgan fingerprint density at radius 2 is 1.79 bits per heavy atom. The number of aromatic nitrogens is 4. The van der Waals surface area contributed by atoms with Crippen molar-refractivity contribution in [1.82, 2.24) is 19.6 Å². The minimum absolute atomic E-state index is 0.259. The molecule has 1 aliphatic heterocycles. The average Bonchev–Trinajstić information content (AvgIpc) is 2.97. The molecule has 1 aliphatic rings. The Morgan fingerprint density at radius 3 is 2.64 bits per heavy atom. The first-order chi connectivity index (χ1) is 13.8. The predicted octanol–water partition coefficient (Wildman–Crippen LogP) is 3.68. The highest BCUT2D eigenvalue weighted by Crippen LogP contribution is 2.34. The molecule has 2 aromatic carbocycles. The summed E-state index contributed by atoms with van der Waals surface area (Å²) in [7, 11) is 0. The van der Waals surface area contributed by atoms with E-state index in [1.54, 1.807) is 22.8 Å². The van der Waals surface area contributed by atoms with Gasteiger partial charge < -0.3 is 9.47 Å². The van der Waals surface area contributed by atoms with Gasteiger partial charge in [-0.05, 0) is 42.0 Å². The molecule has 7 heteroatoms. The topological polar surface area (TPSA) is 61.5 Å². The van der Waals surface area contributed by atoms with Crippen LogP contribution in [-0.2, 0) is 6.42 Å². The summed E-state index contributed by atoms with van der Waals surface area (Å²) in [5.41, 5.74) is 2.74. The van der Waals surface area contributed by atoms with Gasteiger partial charge in [0.1, 0.15) is 5.82 Å². The molecule has 0 radical (unpaired) electrons. The average molecular weight is 376 g/mol. The lowest BCUT2D eigenvalue weighted by Gasteiger charge is -2.10. The molecule has 0 saturated heterocycles. The van der Waals surface area contributed by atoms with Crippen molar-refractivity contribution in [1.29, 1.82) is 0 Å². The maximum atomic E-state index is 13.1. The highest BCUT2D eigenvalue weighted by molar-refractivity contribution is 5.65. The van der Waals surface area contributed by atoms with Crippen LogP contribution in [0.1, 0.15) is 17.8 Å². The summed E-state index contributed by atoms with van der Waals surface area (Å²) in [6.45, 7) is 1.29. The molecule has 0 bridgehead atoms. The number of fused-ring (bicyclic) bond motifs is 2. The van der Waals surface area contributed by atoms with Crippen LogP contribution < -0.4 is 9.47 Å². The van der Waals surface area contributed by atoms with Crippen LogP contribution in [0.2, 0.25) is 0 Å². The SMILES string of the molecule is Fc1ccc(Cc2nc3nccc(-c4ccc5c(c4)OCCCO5)n3n2)cc1. The molecule has 0 saturated carbocycles. The van der Waals surface area contributed by atoms with Crippen molar-refractivity contribution in [2.75, 3.05) is 13.2 Å². The van der Waals surface area contributed by atoms with Crippen LogP contribution in [0.15, 0.2) is 54.7 Å². The van der Waals surface area contributed by atoms with Gasteiger partial charge >= 0.3 is 0 Å². The first-order valence-corrected chi connectivity index (χ1v) is 9.11. The highest BCUT2D eigenvalue weighted by Gasteiger charge is 2.15. The van der Waals surface area contributed by atoms with E-state index in [1.165, 1.54) is 12.1 Å². The summed E-state index contributed by atoms with van der Waals surface area (Å²) in [6.07, 6.45) is 3.08. The molecule has 0 aliphatic carbocycles. The van der Waals surface area contributed by atoms with Gasteiger partial charge in [0, 0.05) is 24.6 Å². The molecule has 0 atom stereocenters. The first kappa shape index (κ1) is 16.7. The summed E-state index contributed by atoms with van der Waals surface area (Å²) < 4.78 is 26.3. The van der Waals surface area contributed by atoms with Crippen LogP contribution in [0, 0.1) is 5.82 Å². The molecule has 5 rings (SSSR count). The van der Waals surface area contributed by atoms with Crippen LogP contribution in [0.5, 0.6) is 11.5 Å². The zero-order chi connectivity index (χ0) is 18.9. The van der Waals surface area contributed by atoms with Gasteiger partial charge in [-0.3, -0.25) is 0 Å². The number of ether oxygens (including phenoxy) is 2. The quantitative estimate of drug-likeness (QED) is 0.546. The van der Waals surface area contributed by atoms with Gasteiger partial charge in [0.25, 0.3) is 5.78 Å². The lowest BCUT2D eigenvalue weighted by Crippen LogP contribution is -1.98. The van der Waals surface area contributed by atoms with Gasteiger partial charge in [-0.2, -0.15) is 9.50 Å². The molecule has 2 aromatic heterocycles. The number of hydrogen-bond acceptors (Lipinski definition) is 5. The van der Waals surface area contributed by atoms with Crippen molar-refractivity contribution < 1.29 is 13.9 Å². The number of rotatable bonds is 3. The summed E-state index contributed by atoms with van der Waals surface area (Å²) in [4.78, 5) is 8.83. The minimum atomic E-state index is -0.259. The Labute approximate surface area is 160 Å². The summed E-state index contributed by atoms with van der Waals surface area (Å²) >= 11 is 0. The van der Waals surface area contributed by atoms with E-state index in [1.807, 2.05) is 24.3 Å². The van der Waals surface area contributed by atoms with Crippen molar-refractivity contribution in [2.24, 2.45) is 0 Å². The number of benzene rings is 2. The first-order valence-electron chi connectivity index (χ1n) is 9.11. The fraction of sp³-hybridized carbons (Fsp3) is 0.190. The molecule has 6 nitrogen and oxygen atoms in total. The van der Waals surface area contributed by atoms with E-state index in [2.05, 4.69) is 15.1 Å². The maximum Gasteiger partial charge on any atom is 0.252 e. The van der Waals surface area contributed by atoms with Crippen LogP contribution in [-0.4, -0.2) is 32.8 Å². The molecule has 28 heavy (non-hydrogen) atoms. The standard InChI is InChI=1S/C21H17FN4O2/c22-16-5-2-14(3-6-16)12-20-24-21-23-9-8-17(26(21)25-20)15-4-7-18-19(13-15)28-11-1-10-27-18/h2-9,13H,1,10-12H2. The van der Waals surface area contributed by atoms with Gasteiger partial charge in [-0.1, -0.05) is 12.1 Å². The predicted molar refractivity (Wildman–Crippen MR) is 101 cm³/mol. The number of hydrogen-bond donors (Lipinski definition) is 0. The Hall–Kier alpha value is -3.48. The summed E-state index contributed by atoms with van der Waals surface area (Å²) in [6, 6.07) is 14.1. The van der Waals surface area contributed by atoms with Gasteiger partial charge in [0.2, 0.25) is 0 Å². The van der Waals surface area contributed by atoms with Crippen LogP contribution >= 0.6 is 0 Å². The van der Waals surface area contributed by atoms with E-state index < -0.39 is 0 Å². The zero-order valence-corrected chi connectivity index (χ0v) is 15.0. The fourth-order valence-corrected chi connectivity index (χ4v) is 3.24. The van der Waals surface area contributed by atoms with Gasteiger partial charge in [-0.15, -0.1) is 5.10 Å². The Bertz CT molecular complexity index is 1140. The molecule has 0 fully saturated rings. The Kier molecular flexibility index (Phi) is 4.12. The van der Waals surface area contributed by atoms with Gasteiger partial charge in [-0.25, -0.2) is 9.37 Å².